The molecule has 2 bridgehead atoms. The molecule has 45 nitrogen and oxygen atoms in total. The van der Waals surface area contributed by atoms with Crippen LogP contribution in [-0.4, -0.2) is 309 Å². The van der Waals surface area contributed by atoms with Crippen LogP contribution in [-0.2, 0) is 104 Å². The van der Waals surface area contributed by atoms with E-state index in [1.165, 1.54) is 45.8 Å². The Morgan fingerprint density at radius 1 is 0.504 bits per heavy atom. The fourth-order valence-electron chi connectivity index (χ4n) is 12.3. The summed E-state index contributed by atoms with van der Waals surface area (Å²) < 4.78 is 0. The van der Waals surface area contributed by atoms with E-state index in [9.17, 15) is 112 Å². The molecule has 0 aliphatic carbocycles. The summed E-state index contributed by atoms with van der Waals surface area (Å²) in [5.41, 5.74) is 17.6. The molecule has 4 aliphatic heterocycles. The molecule has 6 heterocycles. The molecule has 634 valence electrons. The lowest BCUT2D eigenvalue weighted by atomic mass is 9.97. The third kappa shape index (κ3) is 28.0. The maximum Gasteiger partial charge on any atom is 0.317 e. The monoisotopic (exact) mass is 1690 g/mol. The maximum absolute atomic E-state index is 14.9. The zero-order valence-electron chi connectivity index (χ0n) is 63.1. The number of carbonyl (C=O) groups excluding carboxylic acids is 17. The minimum atomic E-state index is -2.40. The Hall–Kier alpha value is -10.4. The van der Waals surface area contributed by atoms with Gasteiger partial charge in [-0.25, -0.2) is 9.97 Å². The number of fused-ring (bicyclic) bond motifs is 10. The second-order valence-corrected chi connectivity index (χ2v) is 33.1. The van der Waals surface area contributed by atoms with E-state index < -0.39 is 283 Å². The maximum atomic E-state index is 14.9. The van der Waals surface area contributed by atoms with Crippen LogP contribution in [0, 0.1) is 17.8 Å². The largest absolute Gasteiger partial charge is 0.481 e. The Bertz CT molecular complexity index is 3850. The summed E-state index contributed by atoms with van der Waals surface area (Å²) in [4.78, 5) is 283. The van der Waals surface area contributed by atoms with Crippen LogP contribution < -0.4 is 86.3 Å². The summed E-state index contributed by atoms with van der Waals surface area (Å²) in [6, 6.07) is -25.9. The predicted octanol–water partition coefficient (Wildman–Crippen LogP) is -9.81. The van der Waals surface area contributed by atoms with Gasteiger partial charge in [-0.3, -0.25) is 91.1 Å². The highest BCUT2D eigenvalue weighted by Crippen LogP contribution is 2.27. The van der Waals surface area contributed by atoms with Crippen LogP contribution in [0.4, 0.5) is 0 Å². The van der Waals surface area contributed by atoms with E-state index in [0.717, 1.165) is 53.0 Å². The molecule has 0 aromatic carbocycles. The van der Waals surface area contributed by atoms with Crippen molar-refractivity contribution in [2.24, 2.45) is 35.0 Å². The van der Waals surface area contributed by atoms with Gasteiger partial charge in [0.25, 0.3) is 0 Å². The number of hydrogen-bond acceptors (Lipinski definition) is 28. The number of nitrogens with one attached hydrogen (secondary N) is 15. The van der Waals surface area contributed by atoms with Crippen LogP contribution in [0.3, 0.4) is 0 Å². The Balaban J connectivity index is 1.47. The SMILES string of the molecule is CC(C)C[C@@H]1NC(=O)[C@H](CC(C(=O)O)C(=O)O)NC(=O)[C@@H]2CCCN2C(=O)[C@H](Cc2cnc[nH]2)NC(=O)[C@H](CC(N)=O)NC(=O)[C@H](C(C)C)NC(=O)[C@H](CO)NC(=O)[C@@H]2CSSC[C@H](NC(=O)CN)C(=O)N[C@@H](CSSC[C@@H](C(N)=O)NC1=O)C(=O)N[C@@H](CO)C(=O)N[C@@H](Cc1cnc[nH]1)C(=O)N1CCC[C@H]1C(=O)N[C@@H](C)C(=O)N2. The summed E-state index contributed by atoms with van der Waals surface area (Å²) in [5.74, 6) is -28.8. The van der Waals surface area contributed by atoms with Crippen molar-refractivity contribution in [2.75, 3.05) is 55.9 Å². The van der Waals surface area contributed by atoms with Crippen molar-refractivity contribution >= 4 is 156 Å². The van der Waals surface area contributed by atoms with Gasteiger partial charge in [-0.05, 0) is 50.9 Å². The van der Waals surface area contributed by atoms with Gasteiger partial charge in [-0.15, -0.1) is 0 Å². The number of amides is 17. The predicted molar refractivity (Wildman–Crippen MR) is 409 cm³/mol. The highest BCUT2D eigenvalue weighted by atomic mass is 33.1. The van der Waals surface area contributed by atoms with Crippen LogP contribution in [0.15, 0.2) is 25.0 Å². The van der Waals surface area contributed by atoms with Gasteiger partial charge in [-0.1, -0.05) is 70.9 Å². The number of nitrogens with two attached hydrogens (primary N) is 3. The standard InChI is InChI=1S/C66H98N22O23S4/c1-28(2)12-34-52(95)83-41(50(69)93)22-112-114-25-44-59(102)81-39(20-89)55(98)80-38(14-32-19-71-27-73-32)64(107)87-10-6-8-45(87)60(103)74-30(5)51(94)84-43(24-115-113-23-42(57(100)85-44)75-48(92)17-67)58(101)82-40(21-90)56(99)86-49(29(3)4)62(105)78-36(16-47(68)91)54(97)79-37(13-31-18-70-26-72-31)63(106)88-11-7-9-46(88)61(104)77-35(53(96)76-34)15-33(65(108)109)66(110)111/h18-19,26-30,33-46,49,89-90H,6-17,20-25,67H2,1-5H3,(H2,68,91)(H2,69,93)(H,70,72)(H,71,73)(H,74,103)(H,75,92)(H,76,96)(H,77,104)(H,78,105)(H,79,97)(H,80,98)(H,81,102)(H,82,101)(H,83,95)(H,84,94)(H,85,100)(H,86,99)(H,108,109)(H,110,111)/t30-,34-,35-,36-,37-,38-,39-,40-,41-,42-,43-,44-,45-,46-,49-/m0/s1. The van der Waals surface area contributed by atoms with Crippen molar-refractivity contribution in [3.63, 3.8) is 0 Å². The van der Waals surface area contributed by atoms with Gasteiger partial charge >= 0.3 is 11.9 Å². The van der Waals surface area contributed by atoms with Crippen LogP contribution in [0.2, 0.25) is 0 Å². The number of carboxylic acid groups (broad SMARTS) is 2. The summed E-state index contributed by atoms with van der Waals surface area (Å²) in [5, 5.41) is 73.0. The van der Waals surface area contributed by atoms with Crippen LogP contribution in [0.1, 0.15) is 91.0 Å². The first-order valence-corrected chi connectivity index (χ1v) is 41.4. The first kappa shape index (κ1) is 93.5. The fourth-order valence-corrected chi connectivity index (χ4v) is 16.9. The van der Waals surface area contributed by atoms with Crippen molar-refractivity contribution in [1.29, 1.82) is 0 Å². The van der Waals surface area contributed by atoms with Gasteiger partial charge in [0.2, 0.25) is 100 Å². The molecule has 25 N–H and O–H groups in total. The van der Waals surface area contributed by atoms with E-state index in [4.69, 9.17) is 17.2 Å². The number of imidazole rings is 2. The number of H-pyrrole nitrogens is 2. The number of nitrogens with zero attached hydrogens (tertiary/aromatic N) is 4. The molecule has 6 rings (SSSR count). The zero-order valence-corrected chi connectivity index (χ0v) is 66.4. The van der Waals surface area contributed by atoms with E-state index in [0.29, 0.717) is 0 Å². The van der Waals surface area contributed by atoms with Crippen LogP contribution >= 0.6 is 43.2 Å². The minimum absolute atomic E-state index is 0.0286. The molecule has 4 aliphatic rings. The molecule has 0 radical (unpaired) electrons. The molecule has 0 unspecified atom stereocenters. The lowest BCUT2D eigenvalue weighted by molar-refractivity contribution is -0.156. The molecule has 0 saturated carbocycles. The normalized spacial score (nSPS) is 27.6. The third-order valence-electron chi connectivity index (χ3n) is 18.4. The molecule has 15 atom stereocenters. The second-order valence-electron chi connectivity index (χ2n) is 28.0. The molecule has 0 spiro atoms. The lowest BCUT2D eigenvalue weighted by Crippen LogP contribution is -2.62. The van der Waals surface area contributed by atoms with Crippen molar-refractivity contribution in [3.8, 4) is 0 Å². The molecule has 115 heavy (non-hydrogen) atoms. The lowest BCUT2D eigenvalue weighted by Gasteiger charge is -2.31. The van der Waals surface area contributed by atoms with Crippen molar-refractivity contribution in [1.82, 2.24) is 98.9 Å². The second kappa shape index (κ2) is 45.1. The van der Waals surface area contributed by atoms with E-state index in [1.54, 1.807) is 13.8 Å². The minimum Gasteiger partial charge on any atom is -0.481 e. The van der Waals surface area contributed by atoms with Crippen molar-refractivity contribution < 1.29 is 112 Å². The average Bonchev–Trinajstić information content (AvgIpc) is 1.80. The van der Waals surface area contributed by atoms with Gasteiger partial charge in [0.1, 0.15) is 90.6 Å². The zero-order chi connectivity index (χ0) is 85.1. The smallest absolute Gasteiger partial charge is 0.317 e. The van der Waals surface area contributed by atoms with Gasteiger partial charge in [0.15, 0.2) is 5.92 Å². The first-order valence-electron chi connectivity index (χ1n) is 36.4. The van der Waals surface area contributed by atoms with Gasteiger partial charge in [0.05, 0.1) is 38.8 Å². The first-order chi connectivity index (χ1) is 54.4. The van der Waals surface area contributed by atoms with Crippen molar-refractivity contribution in [3.05, 3.63) is 36.4 Å². The highest BCUT2D eigenvalue weighted by Gasteiger charge is 2.45. The molecule has 2 aromatic heterocycles. The Morgan fingerprint density at radius 3 is 1.39 bits per heavy atom. The number of aromatic amines is 2. The van der Waals surface area contributed by atoms with E-state index in [1.807, 2.05) is 0 Å². The van der Waals surface area contributed by atoms with Gasteiger partial charge < -0.3 is 127 Å². The van der Waals surface area contributed by atoms with Gasteiger partial charge in [-0.2, -0.15) is 0 Å². The summed E-state index contributed by atoms with van der Waals surface area (Å²) in [6.07, 6.45) is 2.09. The molecule has 2 aromatic rings. The molecule has 49 heteroatoms. The van der Waals surface area contributed by atoms with E-state index >= 15 is 0 Å². The van der Waals surface area contributed by atoms with Gasteiger partial charge in [0, 0.05) is 79.1 Å². The number of aliphatic hydroxyl groups is 2. The Kier molecular flexibility index (Phi) is 36.6. The number of carboxylic acids is 2. The number of hydrogen-bond donors (Lipinski definition) is 22. The molecular formula is C66H98N22O23S4. The summed E-state index contributed by atoms with van der Waals surface area (Å²) in [7, 11) is 3.04. The number of aliphatic hydroxyl groups excluding tert-OH is 2. The molecule has 17 amide bonds. The number of rotatable bonds is 18. The van der Waals surface area contributed by atoms with E-state index in [2.05, 4.69) is 89.1 Å². The quantitative estimate of drug-likeness (QED) is 0.0487. The number of primary amides is 2. The summed E-state index contributed by atoms with van der Waals surface area (Å²) >= 11 is 0. The Labute approximate surface area is 672 Å². The third-order valence-corrected chi connectivity index (χ3v) is 23.3. The Morgan fingerprint density at radius 2 is 0.930 bits per heavy atom. The van der Waals surface area contributed by atoms with E-state index in [-0.39, 0.29) is 63.0 Å². The topological polar surface area (TPSA) is 704 Å². The summed E-state index contributed by atoms with van der Waals surface area (Å²) in [6.45, 7) is 3.95. The molecular weight excluding hydrogens is 1600 g/mol. The van der Waals surface area contributed by atoms with Crippen molar-refractivity contribution in [2.45, 2.75) is 183 Å². The van der Waals surface area contributed by atoms with Crippen LogP contribution in [0.5, 0.6) is 0 Å². The van der Waals surface area contributed by atoms with Crippen LogP contribution in [0.25, 0.3) is 0 Å². The molecule has 4 fully saturated rings. The average molecular weight is 1700 g/mol. The number of carbonyl (C=O) groups is 19. The number of aliphatic carboxylic acids is 2. The highest BCUT2D eigenvalue weighted by molar-refractivity contribution is 8.77. The molecule has 4 saturated heterocycles. The number of aromatic nitrogens is 4. The fraction of sp³-hybridized carbons (Fsp3) is 0.621.